The van der Waals surface area contributed by atoms with Crippen LogP contribution in [0.25, 0.3) is 10.4 Å². The van der Waals surface area contributed by atoms with Gasteiger partial charge >= 0.3 is 5.97 Å². The Balaban J connectivity index is 1.61. The van der Waals surface area contributed by atoms with Crippen molar-refractivity contribution < 1.29 is 19.5 Å². The molecule has 36 heavy (non-hydrogen) atoms. The number of aliphatic carboxylic acids is 1. The van der Waals surface area contributed by atoms with Gasteiger partial charge in [0.1, 0.15) is 6.04 Å². The van der Waals surface area contributed by atoms with Crippen molar-refractivity contribution in [2.24, 2.45) is 5.92 Å². The van der Waals surface area contributed by atoms with E-state index in [1.807, 2.05) is 49.6 Å². The van der Waals surface area contributed by atoms with E-state index in [1.54, 1.807) is 22.3 Å². The third-order valence-corrected chi connectivity index (χ3v) is 7.63. The molecule has 0 aliphatic carbocycles. The van der Waals surface area contributed by atoms with Crippen molar-refractivity contribution in [2.75, 3.05) is 0 Å². The molecule has 2 N–H and O–H groups in total. The summed E-state index contributed by atoms with van der Waals surface area (Å²) in [7, 11) is 0. The molecule has 0 saturated heterocycles. The highest BCUT2D eigenvalue weighted by atomic mass is 32.1. The van der Waals surface area contributed by atoms with Crippen LogP contribution in [0.15, 0.2) is 53.9 Å². The topological polar surface area (TPSA) is 86.7 Å². The minimum absolute atomic E-state index is 0.158. The number of hydrogen-bond donors (Lipinski definition) is 2. The van der Waals surface area contributed by atoms with E-state index in [1.165, 1.54) is 0 Å². The van der Waals surface area contributed by atoms with Crippen LogP contribution >= 0.6 is 11.3 Å². The molecule has 4 rings (SSSR count). The molecule has 0 bridgehead atoms. The summed E-state index contributed by atoms with van der Waals surface area (Å²) >= 11 is 1.54. The molecule has 1 aliphatic rings. The predicted molar refractivity (Wildman–Crippen MR) is 142 cm³/mol. The zero-order valence-electron chi connectivity index (χ0n) is 21.1. The molecule has 6 nitrogen and oxygen atoms in total. The number of nitrogens with zero attached hydrogens (tertiary/aromatic N) is 1. The van der Waals surface area contributed by atoms with Crippen LogP contribution in [-0.2, 0) is 16.1 Å². The molecule has 0 spiro atoms. The lowest BCUT2D eigenvalue weighted by Gasteiger charge is -2.30. The standard InChI is InChI=1S/C29H32N2O4S/c1-17(2)12-24(31-15-20-10-5-6-11-22(20)29(31)35)28(34)30-23(14-26(32)33)21-13-25(36-16-21)27-18(3)8-7-9-19(27)4/h5-11,13,16-17,23-24H,12,14-15H2,1-4H3,(H,30,34)(H,32,33)/t23-,24+/m0/s1. The zero-order valence-corrected chi connectivity index (χ0v) is 21.9. The highest BCUT2D eigenvalue weighted by molar-refractivity contribution is 7.13. The van der Waals surface area contributed by atoms with E-state index in [4.69, 9.17) is 0 Å². The second-order valence-electron chi connectivity index (χ2n) is 9.91. The lowest BCUT2D eigenvalue weighted by atomic mass is 9.98. The van der Waals surface area contributed by atoms with Gasteiger partial charge in [-0.1, -0.05) is 50.2 Å². The van der Waals surface area contributed by atoms with Crippen molar-refractivity contribution >= 4 is 29.1 Å². The summed E-state index contributed by atoms with van der Waals surface area (Å²) < 4.78 is 0. The van der Waals surface area contributed by atoms with Crippen molar-refractivity contribution in [3.05, 3.63) is 81.7 Å². The first-order valence-electron chi connectivity index (χ1n) is 12.2. The van der Waals surface area contributed by atoms with Gasteiger partial charge in [0.05, 0.1) is 12.5 Å². The first-order chi connectivity index (χ1) is 17.2. The van der Waals surface area contributed by atoms with Crippen LogP contribution in [0.4, 0.5) is 0 Å². The molecule has 0 saturated carbocycles. The van der Waals surface area contributed by atoms with Gasteiger partial charge in [-0.25, -0.2) is 0 Å². The van der Waals surface area contributed by atoms with Gasteiger partial charge in [-0.2, -0.15) is 0 Å². The Labute approximate surface area is 216 Å². The summed E-state index contributed by atoms with van der Waals surface area (Å²) in [6, 6.07) is 14.1. The second-order valence-corrected chi connectivity index (χ2v) is 10.8. The highest BCUT2D eigenvalue weighted by Crippen LogP contribution is 2.35. The minimum atomic E-state index is -0.995. The molecule has 0 fully saturated rings. The van der Waals surface area contributed by atoms with Gasteiger partial charge in [0.15, 0.2) is 0 Å². The molecule has 3 aromatic rings. The number of fused-ring (bicyclic) bond motifs is 1. The molecule has 1 aliphatic heterocycles. The molecule has 2 atom stereocenters. The molecule has 7 heteroatoms. The fourth-order valence-corrected chi connectivity index (χ4v) is 6.05. The van der Waals surface area contributed by atoms with Crippen LogP contribution in [0.5, 0.6) is 0 Å². The Bertz CT molecular complexity index is 1280. The number of nitrogens with one attached hydrogen (secondary N) is 1. The predicted octanol–water partition coefficient (Wildman–Crippen LogP) is 5.73. The Morgan fingerprint density at radius 3 is 2.42 bits per heavy atom. The van der Waals surface area contributed by atoms with Crippen LogP contribution in [-0.4, -0.2) is 33.8 Å². The number of carbonyl (C=O) groups is 3. The van der Waals surface area contributed by atoms with Gasteiger partial charge in [-0.3, -0.25) is 14.4 Å². The average Bonchev–Trinajstić information content (AvgIpc) is 3.42. The molecule has 2 amide bonds. The Morgan fingerprint density at radius 2 is 1.78 bits per heavy atom. The maximum Gasteiger partial charge on any atom is 0.305 e. The van der Waals surface area contributed by atoms with Gasteiger partial charge in [0.25, 0.3) is 5.91 Å². The molecule has 1 aromatic heterocycles. The smallest absolute Gasteiger partial charge is 0.305 e. The molecular weight excluding hydrogens is 472 g/mol. The fourth-order valence-electron chi connectivity index (χ4n) is 4.91. The van der Waals surface area contributed by atoms with Crippen molar-refractivity contribution in [1.29, 1.82) is 0 Å². The van der Waals surface area contributed by atoms with E-state index in [-0.39, 0.29) is 24.2 Å². The molecule has 0 radical (unpaired) electrons. The van der Waals surface area contributed by atoms with E-state index in [2.05, 4.69) is 31.3 Å². The van der Waals surface area contributed by atoms with Crippen molar-refractivity contribution in [1.82, 2.24) is 10.2 Å². The largest absolute Gasteiger partial charge is 0.481 e. The summed E-state index contributed by atoms with van der Waals surface area (Å²) in [6.45, 7) is 8.51. The molecule has 188 valence electrons. The van der Waals surface area contributed by atoms with Crippen LogP contribution in [0.1, 0.15) is 65.3 Å². The number of carboxylic acids is 1. The van der Waals surface area contributed by atoms with Crippen LogP contribution < -0.4 is 5.32 Å². The van der Waals surface area contributed by atoms with Gasteiger partial charge in [-0.05, 0) is 71.5 Å². The Kier molecular flexibility index (Phi) is 7.59. The third-order valence-electron chi connectivity index (χ3n) is 6.67. The van der Waals surface area contributed by atoms with Crippen LogP contribution in [0, 0.1) is 19.8 Å². The summed E-state index contributed by atoms with van der Waals surface area (Å²) in [5, 5.41) is 14.5. The quantitative estimate of drug-likeness (QED) is 0.389. The van der Waals surface area contributed by atoms with Gasteiger partial charge < -0.3 is 15.3 Å². The monoisotopic (exact) mass is 504 g/mol. The van der Waals surface area contributed by atoms with E-state index in [0.717, 1.165) is 32.7 Å². The summed E-state index contributed by atoms with van der Waals surface area (Å²) in [5.74, 6) is -1.30. The maximum atomic E-state index is 13.6. The van der Waals surface area contributed by atoms with Crippen LogP contribution in [0.3, 0.4) is 0 Å². The van der Waals surface area contributed by atoms with E-state index in [0.29, 0.717) is 18.5 Å². The molecule has 2 aromatic carbocycles. The van der Waals surface area contributed by atoms with Crippen molar-refractivity contribution in [3.63, 3.8) is 0 Å². The normalized spacial score (nSPS) is 14.6. The SMILES string of the molecule is Cc1cccc(C)c1-c1cc([C@H](CC(=O)O)NC(=O)[C@@H](CC(C)C)N2Cc3ccccc3C2=O)cs1. The first-order valence-corrected chi connectivity index (χ1v) is 13.1. The second kappa shape index (κ2) is 10.7. The summed E-state index contributed by atoms with van der Waals surface area (Å²) in [6.07, 6.45) is 0.250. The summed E-state index contributed by atoms with van der Waals surface area (Å²) in [5.41, 5.74) is 5.71. The maximum absolute atomic E-state index is 13.6. The van der Waals surface area contributed by atoms with E-state index in [9.17, 15) is 19.5 Å². The number of amides is 2. The van der Waals surface area contributed by atoms with Crippen molar-refractivity contribution in [3.8, 4) is 10.4 Å². The number of carboxylic acid groups (broad SMARTS) is 1. The number of aryl methyl sites for hydroxylation is 2. The fraction of sp³-hybridized carbons (Fsp3) is 0.345. The number of rotatable bonds is 9. The zero-order chi connectivity index (χ0) is 26.0. The number of carbonyl (C=O) groups excluding carboxylic acids is 2. The Hall–Kier alpha value is -3.45. The molecular formula is C29H32N2O4S. The minimum Gasteiger partial charge on any atom is -0.481 e. The Morgan fingerprint density at radius 1 is 1.08 bits per heavy atom. The van der Waals surface area contributed by atoms with E-state index < -0.39 is 18.1 Å². The number of thiophene rings is 1. The van der Waals surface area contributed by atoms with E-state index >= 15 is 0 Å². The number of benzene rings is 2. The lowest BCUT2D eigenvalue weighted by Crippen LogP contribution is -2.48. The van der Waals surface area contributed by atoms with Crippen molar-refractivity contribution in [2.45, 2.75) is 59.2 Å². The van der Waals surface area contributed by atoms with Gasteiger partial charge in [0, 0.05) is 17.0 Å². The average molecular weight is 505 g/mol. The molecule has 2 heterocycles. The molecule has 0 unspecified atom stereocenters. The third kappa shape index (κ3) is 5.36. The lowest BCUT2D eigenvalue weighted by molar-refractivity contribution is -0.138. The first kappa shape index (κ1) is 25.6. The number of hydrogen-bond acceptors (Lipinski definition) is 4. The highest BCUT2D eigenvalue weighted by Gasteiger charge is 2.37. The summed E-state index contributed by atoms with van der Waals surface area (Å²) in [4.78, 5) is 41.1. The van der Waals surface area contributed by atoms with Crippen LogP contribution in [0.2, 0.25) is 0 Å². The van der Waals surface area contributed by atoms with Gasteiger partial charge in [0.2, 0.25) is 5.91 Å². The van der Waals surface area contributed by atoms with Gasteiger partial charge in [-0.15, -0.1) is 11.3 Å².